The first kappa shape index (κ1) is 14.1. The molecule has 1 amide bonds. The lowest BCUT2D eigenvalue weighted by Crippen LogP contribution is -2.31. The highest BCUT2D eigenvalue weighted by atomic mass is 79.9. The first-order chi connectivity index (χ1) is 9.78. The topological polar surface area (TPSA) is 29.1 Å². The number of rotatable bonds is 4. The van der Waals surface area contributed by atoms with Gasteiger partial charge in [0.25, 0.3) is 5.91 Å². The summed E-state index contributed by atoms with van der Waals surface area (Å²) in [6.45, 7) is 0.826. The lowest BCUT2D eigenvalue weighted by atomic mass is 9.98. The highest BCUT2D eigenvalue weighted by Crippen LogP contribution is 2.32. The van der Waals surface area contributed by atoms with Gasteiger partial charge in [0.1, 0.15) is 0 Å². The zero-order valence-electron chi connectivity index (χ0n) is 11.8. The number of aryl methyl sites for hydroxylation is 2. The van der Waals surface area contributed by atoms with Crippen molar-refractivity contribution in [1.29, 1.82) is 0 Å². The van der Waals surface area contributed by atoms with Gasteiger partial charge in [-0.1, -0.05) is 28.4 Å². The molecule has 1 saturated carbocycles. The minimum Gasteiger partial charge on any atom is -0.352 e. The summed E-state index contributed by atoms with van der Waals surface area (Å²) in [5, 5.41) is 4.20. The molecule has 1 aromatic carbocycles. The maximum absolute atomic E-state index is 12.3. The molecule has 2 atom stereocenters. The van der Waals surface area contributed by atoms with Crippen molar-refractivity contribution in [2.24, 2.45) is 11.8 Å². The van der Waals surface area contributed by atoms with E-state index in [-0.39, 0.29) is 5.91 Å². The van der Waals surface area contributed by atoms with Crippen molar-refractivity contribution in [3.8, 4) is 0 Å². The van der Waals surface area contributed by atoms with E-state index in [2.05, 4.69) is 33.4 Å². The molecule has 0 saturated heterocycles. The smallest absolute Gasteiger partial charge is 0.251 e. The van der Waals surface area contributed by atoms with Gasteiger partial charge in [-0.15, -0.1) is 0 Å². The summed E-state index contributed by atoms with van der Waals surface area (Å²) in [4.78, 5) is 12.3. The molecule has 0 radical (unpaired) electrons. The van der Waals surface area contributed by atoms with E-state index in [1.54, 1.807) is 0 Å². The van der Waals surface area contributed by atoms with E-state index in [0.717, 1.165) is 29.8 Å². The average molecular weight is 336 g/mol. The number of hydrogen-bond donors (Lipinski definition) is 1. The minimum absolute atomic E-state index is 0.0972. The van der Waals surface area contributed by atoms with Crippen molar-refractivity contribution < 1.29 is 4.79 Å². The van der Waals surface area contributed by atoms with Crippen LogP contribution in [0.1, 0.15) is 47.2 Å². The van der Waals surface area contributed by atoms with Gasteiger partial charge < -0.3 is 5.32 Å². The standard InChI is InChI=1S/C17H22BrNO/c18-10-15-5-2-6-16(15)11-19-17(20)14-8-7-12-3-1-4-13(12)9-14/h7-9,15-16H,1-6,10-11H2,(H,19,20). The minimum atomic E-state index is 0.0972. The van der Waals surface area contributed by atoms with Crippen LogP contribution >= 0.6 is 15.9 Å². The molecule has 108 valence electrons. The molecule has 2 aliphatic carbocycles. The Morgan fingerprint density at radius 1 is 1.15 bits per heavy atom. The molecule has 0 heterocycles. The monoisotopic (exact) mass is 335 g/mol. The summed E-state index contributed by atoms with van der Waals surface area (Å²) in [5.74, 6) is 1.47. The van der Waals surface area contributed by atoms with Gasteiger partial charge in [-0.05, 0) is 67.2 Å². The normalized spacial score (nSPS) is 24.6. The number of nitrogens with one attached hydrogen (secondary N) is 1. The molecule has 1 aromatic rings. The Labute approximate surface area is 129 Å². The predicted molar refractivity (Wildman–Crippen MR) is 85.4 cm³/mol. The molecule has 1 N–H and O–H groups in total. The maximum Gasteiger partial charge on any atom is 0.251 e. The second-order valence-corrected chi connectivity index (χ2v) is 6.80. The molecule has 0 aliphatic heterocycles. The van der Waals surface area contributed by atoms with Crippen molar-refractivity contribution in [3.63, 3.8) is 0 Å². The van der Waals surface area contributed by atoms with Crippen LogP contribution in [0.2, 0.25) is 0 Å². The Kier molecular flexibility index (Phi) is 4.45. The number of amides is 1. The second-order valence-electron chi connectivity index (χ2n) is 6.15. The Morgan fingerprint density at radius 3 is 2.80 bits per heavy atom. The van der Waals surface area contributed by atoms with Crippen LogP contribution in [0.5, 0.6) is 0 Å². The van der Waals surface area contributed by atoms with E-state index in [1.165, 1.54) is 43.2 Å². The fourth-order valence-corrected chi connectivity index (χ4v) is 4.48. The van der Waals surface area contributed by atoms with Crippen LogP contribution in [-0.2, 0) is 12.8 Å². The lowest BCUT2D eigenvalue weighted by Gasteiger charge is -2.18. The van der Waals surface area contributed by atoms with Gasteiger partial charge in [0.05, 0.1) is 0 Å². The number of hydrogen-bond acceptors (Lipinski definition) is 1. The molecule has 0 aromatic heterocycles. The maximum atomic E-state index is 12.3. The van der Waals surface area contributed by atoms with Gasteiger partial charge in [-0.3, -0.25) is 4.79 Å². The van der Waals surface area contributed by atoms with Crippen LogP contribution in [0.25, 0.3) is 0 Å². The third-order valence-corrected chi connectivity index (χ3v) is 5.73. The van der Waals surface area contributed by atoms with Crippen molar-refractivity contribution in [1.82, 2.24) is 5.32 Å². The van der Waals surface area contributed by atoms with Gasteiger partial charge in [0.15, 0.2) is 0 Å². The fraction of sp³-hybridized carbons (Fsp3) is 0.588. The van der Waals surface area contributed by atoms with E-state index in [1.807, 2.05) is 6.07 Å². The first-order valence-electron chi connectivity index (χ1n) is 7.74. The van der Waals surface area contributed by atoms with E-state index in [0.29, 0.717) is 5.92 Å². The summed E-state index contributed by atoms with van der Waals surface area (Å²) in [7, 11) is 0. The van der Waals surface area contributed by atoms with Crippen molar-refractivity contribution in [2.75, 3.05) is 11.9 Å². The van der Waals surface area contributed by atoms with Crippen LogP contribution in [0.4, 0.5) is 0 Å². The molecule has 1 fully saturated rings. The van der Waals surface area contributed by atoms with Crippen molar-refractivity contribution >= 4 is 21.8 Å². The Balaban J connectivity index is 1.59. The summed E-state index contributed by atoms with van der Waals surface area (Å²) in [6, 6.07) is 6.21. The fourth-order valence-electron chi connectivity index (χ4n) is 3.62. The SMILES string of the molecule is O=C(NCC1CCCC1CBr)c1ccc2c(c1)CCC2. The van der Waals surface area contributed by atoms with Gasteiger partial charge in [-0.25, -0.2) is 0 Å². The van der Waals surface area contributed by atoms with E-state index in [9.17, 15) is 4.79 Å². The Bertz CT molecular complexity index is 500. The number of halogens is 1. The quantitative estimate of drug-likeness (QED) is 0.835. The van der Waals surface area contributed by atoms with Crippen LogP contribution in [0, 0.1) is 11.8 Å². The van der Waals surface area contributed by atoms with Crippen LogP contribution < -0.4 is 5.32 Å². The van der Waals surface area contributed by atoms with Gasteiger partial charge >= 0.3 is 0 Å². The molecule has 2 nitrogen and oxygen atoms in total. The Morgan fingerprint density at radius 2 is 1.95 bits per heavy atom. The second kappa shape index (κ2) is 6.30. The average Bonchev–Trinajstić information content (AvgIpc) is 3.12. The van der Waals surface area contributed by atoms with Gasteiger partial charge in [0.2, 0.25) is 0 Å². The molecule has 2 unspecified atom stereocenters. The zero-order chi connectivity index (χ0) is 13.9. The molecular formula is C17H22BrNO. The number of carbonyl (C=O) groups excluding carboxylic acids is 1. The van der Waals surface area contributed by atoms with Crippen LogP contribution in [0.3, 0.4) is 0 Å². The lowest BCUT2D eigenvalue weighted by molar-refractivity contribution is 0.0944. The summed E-state index contributed by atoms with van der Waals surface area (Å²) < 4.78 is 0. The number of benzene rings is 1. The molecule has 3 rings (SSSR count). The summed E-state index contributed by atoms with van der Waals surface area (Å²) in [5.41, 5.74) is 3.63. The predicted octanol–water partition coefficient (Wildman–Crippen LogP) is 3.72. The molecule has 0 spiro atoms. The molecule has 0 bridgehead atoms. The summed E-state index contributed by atoms with van der Waals surface area (Å²) in [6.07, 6.45) is 7.38. The first-order valence-corrected chi connectivity index (χ1v) is 8.86. The van der Waals surface area contributed by atoms with Crippen LogP contribution in [-0.4, -0.2) is 17.8 Å². The van der Waals surface area contributed by atoms with Gasteiger partial charge in [-0.2, -0.15) is 0 Å². The molecular weight excluding hydrogens is 314 g/mol. The zero-order valence-corrected chi connectivity index (χ0v) is 13.4. The third kappa shape index (κ3) is 2.93. The summed E-state index contributed by atoms with van der Waals surface area (Å²) >= 11 is 3.59. The number of fused-ring (bicyclic) bond motifs is 1. The number of carbonyl (C=O) groups is 1. The molecule has 20 heavy (non-hydrogen) atoms. The van der Waals surface area contributed by atoms with Gasteiger partial charge in [0, 0.05) is 17.4 Å². The van der Waals surface area contributed by atoms with Crippen molar-refractivity contribution in [2.45, 2.75) is 38.5 Å². The van der Waals surface area contributed by atoms with E-state index < -0.39 is 0 Å². The highest BCUT2D eigenvalue weighted by molar-refractivity contribution is 9.09. The highest BCUT2D eigenvalue weighted by Gasteiger charge is 2.26. The molecule has 2 aliphatic rings. The van der Waals surface area contributed by atoms with Crippen molar-refractivity contribution in [3.05, 3.63) is 34.9 Å². The van der Waals surface area contributed by atoms with E-state index >= 15 is 0 Å². The van der Waals surface area contributed by atoms with Crippen LogP contribution in [0.15, 0.2) is 18.2 Å². The van der Waals surface area contributed by atoms with E-state index in [4.69, 9.17) is 0 Å². The Hall–Kier alpha value is -0.830. The molecule has 3 heteroatoms. The third-order valence-electron chi connectivity index (χ3n) is 4.90. The number of alkyl halides is 1. The largest absolute Gasteiger partial charge is 0.352 e.